The van der Waals surface area contributed by atoms with Gasteiger partial charge in [0.1, 0.15) is 0 Å². The van der Waals surface area contributed by atoms with E-state index in [1.165, 1.54) is 0 Å². The van der Waals surface area contributed by atoms with Crippen molar-refractivity contribution in [2.45, 2.75) is 19.9 Å². The van der Waals surface area contributed by atoms with Crippen LogP contribution in [0, 0.1) is 6.92 Å². The molecule has 2 aromatic carbocycles. The smallest absolute Gasteiger partial charge is 0.319 e. The Hall–Kier alpha value is -2.88. The Bertz CT molecular complexity index is 830. The highest BCUT2D eigenvalue weighted by Crippen LogP contribution is 2.24. The Balaban J connectivity index is 1.77. The maximum absolute atomic E-state index is 12.3. The van der Waals surface area contributed by atoms with Crippen molar-refractivity contribution in [1.29, 1.82) is 0 Å². The monoisotopic (exact) mass is 305 g/mol. The summed E-state index contributed by atoms with van der Waals surface area (Å²) in [5.41, 5.74) is 3.82. The van der Waals surface area contributed by atoms with E-state index in [1.54, 1.807) is 6.20 Å². The molecule has 1 atom stereocenters. The first-order chi connectivity index (χ1) is 11.1. The number of amides is 2. The van der Waals surface area contributed by atoms with Gasteiger partial charge >= 0.3 is 6.03 Å². The van der Waals surface area contributed by atoms with E-state index in [4.69, 9.17) is 0 Å². The molecule has 0 radical (unpaired) electrons. The van der Waals surface area contributed by atoms with Gasteiger partial charge in [-0.2, -0.15) is 0 Å². The van der Waals surface area contributed by atoms with Crippen molar-refractivity contribution in [3.8, 4) is 0 Å². The van der Waals surface area contributed by atoms with Crippen LogP contribution >= 0.6 is 0 Å². The minimum atomic E-state index is -0.227. The van der Waals surface area contributed by atoms with Gasteiger partial charge in [0.2, 0.25) is 0 Å². The molecule has 0 fully saturated rings. The van der Waals surface area contributed by atoms with Crippen LogP contribution in [0.1, 0.15) is 24.1 Å². The molecule has 0 bridgehead atoms. The van der Waals surface area contributed by atoms with Gasteiger partial charge < -0.3 is 10.6 Å². The summed E-state index contributed by atoms with van der Waals surface area (Å²) in [6.45, 7) is 3.97. The van der Waals surface area contributed by atoms with Crippen molar-refractivity contribution in [3.63, 3.8) is 0 Å². The predicted molar refractivity (Wildman–Crippen MR) is 93.5 cm³/mol. The largest absolute Gasteiger partial charge is 0.331 e. The summed E-state index contributed by atoms with van der Waals surface area (Å²) in [4.78, 5) is 16.7. The van der Waals surface area contributed by atoms with E-state index in [2.05, 4.69) is 15.6 Å². The van der Waals surface area contributed by atoms with E-state index in [9.17, 15) is 4.79 Å². The molecular weight excluding hydrogens is 286 g/mol. The maximum atomic E-state index is 12.3. The lowest BCUT2D eigenvalue weighted by atomic mass is 10.1. The fourth-order valence-corrected chi connectivity index (χ4v) is 2.60. The normalized spacial score (nSPS) is 11.9. The van der Waals surface area contributed by atoms with Crippen molar-refractivity contribution < 1.29 is 4.79 Å². The molecule has 2 amide bonds. The number of hydrogen-bond donors (Lipinski definition) is 2. The third-order valence-electron chi connectivity index (χ3n) is 3.87. The van der Waals surface area contributed by atoms with E-state index in [-0.39, 0.29) is 12.1 Å². The first kappa shape index (κ1) is 15.0. The molecule has 1 aromatic heterocycles. The van der Waals surface area contributed by atoms with Crippen molar-refractivity contribution in [3.05, 3.63) is 71.9 Å². The van der Waals surface area contributed by atoms with Gasteiger partial charge in [-0.3, -0.25) is 4.98 Å². The molecule has 0 aliphatic rings. The molecule has 0 unspecified atom stereocenters. The minimum Gasteiger partial charge on any atom is -0.331 e. The second-order valence-electron chi connectivity index (χ2n) is 5.56. The summed E-state index contributed by atoms with van der Waals surface area (Å²) < 4.78 is 0. The maximum Gasteiger partial charge on any atom is 0.319 e. The summed E-state index contributed by atoms with van der Waals surface area (Å²) in [5, 5.41) is 6.82. The van der Waals surface area contributed by atoms with Crippen LogP contribution in [-0.4, -0.2) is 11.0 Å². The standard InChI is InChI=1S/C19H19N3O/c1-13-10-11-17(16-9-6-12-20-18(13)16)22-19(23)21-14(2)15-7-4-3-5-8-15/h3-12,14H,1-2H3,(H2,21,22,23)/t14-/m1/s1. The highest BCUT2D eigenvalue weighted by Gasteiger charge is 2.11. The second-order valence-corrected chi connectivity index (χ2v) is 5.56. The second kappa shape index (κ2) is 6.48. The number of carbonyl (C=O) groups is 1. The number of nitrogens with zero attached hydrogens (tertiary/aromatic N) is 1. The Morgan fingerprint density at radius 1 is 1.04 bits per heavy atom. The number of anilines is 1. The zero-order valence-electron chi connectivity index (χ0n) is 13.2. The highest BCUT2D eigenvalue weighted by molar-refractivity contribution is 6.01. The topological polar surface area (TPSA) is 54.0 Å². The highest BCUT2D eigenvalue weighted by atomic mass is 16.2. The lowest BCUT2D eigenvalue weighted by Crippen LogP contribution is -2.31. The number of nitrogens with one attached hydrogen (secondary N) is 2. The van der Waals surface area contributed by atoms with Crippen LogP contribution in [0.25, 0.3) is 10.9 Å². The van der Waals surface area contributed by atoms with Crippen LogP contribution in [0.3, 0.4) is 0 Å². The number of fused-ring (bicyclic) bond motifs is 1. The van der Waals surface area contributed by atoms with Crippen LogP contribution in [-0.2, 0) is 0 Å². The fourth-order valence-electron chi connectivity index (χ4n) is 2.60. The Kier molecular flexibility index (Phi) is 4.24. The summed E-state index contributed by atoms with van der Waals surface area (Å²) in [7, 11) is 0. The number of aryl methyl sites for hydroxylation is 1. The van der Waals surface area contributed by atoms with E-state index < -0.39 is 0 Å². The zero-order valence-corrected chi connectivity index (χ0v) is 13.2. The fraction of sp³-hybridized carbons (Fsp3) is 0.158. The predicted octanol–water partition coefficient (Wildman–Crippen LogP) is 4.43. The van der Waals surface area contributed by atoms with Crippen LogP contribution in [0.15, 0.2) is 60.8 Å². The quantitative estimate of drug-likeness (QED) is 0.752. The Morgan fingerprint density at radius 2 is 1.83 bits per heavy atom. The molecule has 1 heterocycles. The van der Waals surface area contributed by atoms with Gasteiger partial charge in [-0.25, -0.2) is 4.79 Å². The van der Waals surface area contributed by atoms with Gasteiger partial charge in [-0.15, -0.1) is 0 Å². The van der Waals surface area contributed by atoms with E-state index >= 15 is 0 Å². The van der Waals surface area contributed by atoms with Crippen molar-refractivity contribution in [1.82, 2.24) is 10.3 Å². The molecule has 4 nitrogen and oxygen atoms in total. The summed E-state index contributed by atoms with van der Waals surface area (Å²) in [6.07, 6.45) is 1.76. The lowest BCUT2D eigenvalue weighted by molar-refractivity contribution is 0.249. The van der Waals surface area contributed by atoms with Crippen LogP contribution in [0.2, 0.25) is 0 Å². The van der Waals surface area contributed by atoms with Crippen molar-refractivity contribution in [2.24, 2.45) is 0 Å². The molecule has 0 aliphatic heterocycles. The molecule has 0 spiro atoms. The number of urea groups is 1. The average Bonchev–Trinajstić information content (AvgIpc) is 2.58. The molecular formula is C19H19N3O. The van der Waals surface area contributed by atoms with Gasteiger partial charge in [-0.1, -0.05) is 36.4 Å². The molecule has 3 rings (SSSR count). The summed E-state index contributed by atoms with van der Waals surface area (Å²) in [5.74, 6) is 0. The minimum absolute atomic E-state index is 0.0639. The molecule has 4 heteroatoms. The van der Waals surface area contributed by atoms with Gasteiger partial charge in [-0.05, 0) is 43.2 Å². The molecule has 0 aliphatic carbocycles. The van der Waals surface area contributed by atoms with E-state index in [0.29, 0.717) is 0 Å². The number of rotatable bonds is 3. The molecule has 3 aromatic rings. The van der Waals surface area contributed by atoms with Gasteiger partial charge in [0, 0.05) is 11.6 Å². The molecule has 23 heavy (non-hydrogen) atoms. The van der Waals surface area contributed by atoms with Crippen molar-refractivity contribution >= 4 is 22.6 Å². The average molecular weight is 305 g/mol. The van der Waals surface area contributed by atoms with Crippen LogP contribution in [0.5, 0.6) is 0 Å². The third-order valence-corrected chi connectivity index (χ3v) is 3.87. The van der Waals surface area contributed by atoms with Crippen LogP contribution in [0.4, 0.5) is 10.5 Å². The molecule has 2 N–H and O–H groups in total. The van der Waals surface area contributed by atoms with Crippen molar-refractivity contribution in [2.75, 3.05) is 5.32 Å². The molecule has 0 saturated heterocycles. The first-order valence-corrected chi connectivity index (χ1v) is 7.62. The molecule has 116 valence electrons. The molecule has 0 saturated carbocycles. The lowest BCUT2D eigenvalue weighted by Gasteiger charge is -2.16. The first-order valence-electron chi connectivity index (χ1n) is 7.62. The third kappa shape index (κ3) is 3.31. The number of hydrogen-bond acceptors (Lipinski definition) is 2. The zero-order chi connectivity index (χ0) is 16.2. The van der Waals surface area contributed by atoms with E-state index in [0.717, 1.165) is 27.7 Å². The van der Waals surface area contributed by atoms with Gasteiger partial charge in [0.05, 0.1) is 17.2 Å². The van der Waals surface area contributed by atoms with Crippen LogP contribution < -0.4 is 10.6 Å². The van der Waals surface area contributed by atoms with E-state index in [1.807, 2.05) is 68.4 Å². The number of aromatic nitrogens is 1. The summed E-state index contributed by atoms with van der Waals surface area (Å²) >= 11 is 0. The summed E-state index contributed by atoms with van der Waals surface area (Å²) in [6, 6.07) is 17.3. The number of carbonyl (C=O) groups excluding carboxylic acids is 1. The Morgan fingerprint density at radius 3 is 2.61 bits per heavy atom. The Labute approximate surface area is 135 Å². The van der Waals surface area contributed by atoms with Gasteiger partial charge in [0.25, 0.3) is 0 Å². The number of pyridine rings is 1. The number of benzene rings is 2. The van der Waals surface area contributed by atoms with Gasteiger partial charge in [0.15, 0.2) is 0 Å². The SMILES string of the molecule is Cc1ccc(NC(=O)N[C@H](C)c2ccccc2)c2cccnc12.